The zero-order valence-corrected chi connectivity index (χ0v) is 17.2. The molecule has 3 aromatic rings. The summed E-state index contributed by atoms with van der Waals surface area (Å²) in [6.07, 6.45) is 3.12. The van der Waals surface area contributed by atoms with Crippen molar-refractivity contribution in [3.63, 3.8) is 0 Å². The van der Waals surface area contributed by atoms with Crippen LogP contribution in [0.5, 0.6) is 0 Å². The molecule has 7 heteroatoms. The van der Waals surface area contributed by atoms with Gasteiger partial charge in [-0.1, -0.05) is 24.3 Å². The van der Waals surface area contributed by atoms with E-state index in [1.54, 1.807) is 41.1 Å². The third-order valence-corrected chi connectivity index (χ3v) is 5.18. The van der Waals surface area contributed by atoms with Gasteiger partial charge in [0.15, 0.2) is 5.11 Å². The van der Waals surface area contributed by atoms with Gasteiger partial charge >= 0.3 is 0 Å². The minimum atomic E-state index is -0.590. The van der Waals surface area contributed by atoms with E-state index >= 15 is 0 Å². The molecule has 0 atom stereocenters. The van der Waals surface area contributed by atoms with Gasteiger partial charge in [-0.05, 0) is 73.6 Å². The number of rotatable bonds is 3. The summed E-state index contributed by atoms with van der Waals surface area (Å²) in [5.41, 5.74) is 3.15. The van der Waals surface area contributed by atoms with E-state index in [0.29, 0.717) is 17.1 Å². The number of carbonyl (C=O) groups is 2. The van der Waals surface area contributed by atoms with Crippen molar-refractivity contribution >= 4 is 40.9 Å². The standard InChI is InChI=1S/C23H18FN3O2S/c1-14-9-10-15(2)20(12-14)27-22(29)17(21(28)25-23(27)30)13-16-6-5-11-26(16)19-8-4-3-7-18(19)24/h3-13H,1-2H3,(H,25,28,30)/b17-13+. The first-order valence-corrected chi connectivity index (χ1v) is 9.68. The number of anilines is 1. The van der Waals surface area contributed by atoms with Crippen molar-refractivity contribution in [1.29, 1.82) is 0 Å². The first kappa shape index (κ1) is 19.7. The van der Waals surface area contributed by atoms with Crippen molar-refractivity contribution in [2.75, 3.05) is 4.90 Å². The lowest BCUT2D eigenvalue weighted by atomic mass is 10.1. The van der Waals surface area contributed by atoms with Crippen molar-refractivity contribution in [2.24, 2.45) is 0 Å². The number of hydrogen-bond acceptors (Lipinski definition) is 3. The van der Waals surface area contributed by atoms with Crippen LogP contribution in [0.25, 0.3) is 11.8 Å². The summed E-state index contributed by atoms with van der Waals surface area (Å²) in [4.78, 5) is 27.2. The van der Waals surface area contributed by atoms with E-state index in [2.05, 4.69) is 5.32 Å². The van der Waals surface area contributed by atoms with Crippen molar-refractivity contribution < 1.29 is 14.0 Å². The Morgan fingerprint density at radius 3 is 2.53 bits per heavy atom. The van der Waals surface area contributed by atoms with E-state index in [4.69, 9.17) is 12.2 Å². The second-order valence-corrected chi connectivity index (χ2v) is 7.39. The average Bonchev–Trinajstić information content (AvgIpc) is 3.16. The molecule has 30 heavy (non-hydrogen) atoms. The van der Waals surface area contributed by atoms with Crippen LogP contribution >= 0.6 is 12.2 Å². The fraction of sp³-hybridized carbons (Fsp3) is 0.0870. The van der Waals surface area contributed by atoms with Crippen LogP contribution in [0.3, 0.4) is 0 Å². The molecule has 0 saturated carbocycles. The molecule has 1 aliphatic rings. The minimum Gasteiger partial charge on any atom is -0.314 e. The smallest absolute Gasteiger partial charge is 0.270 e. The maximum atomic E-state index is 14.3. The number of nitrogens with zero attached hydrogens (tertiary/aromatic N) is 2. The van der Waals surface area contributed by atoms with Crippen LogP contribution in [0.2, 0.25) is 0 Å². The van der Waals surface area contributed by atoms with Gasteiger partial charge in [0.2, 0.25) is 0 Å². The molecule has 5 nitrogen and oxygen atoms in total. The molecule has 2 aromatic carbocycles. The van der Waals surface area contributed by atoms with Crippen molar-refractivity contribution in [3.8, 4) is 5.69 Å². The van der Waals surface area contributed by atoms with E-state index in [1.807, 2.05) is 32.0 Å². The van der Waals surface area contributed by atoms with Crippen LogP contribution in [0.4, 0.5) is 10.1 Å². The van der Waals surface area contributed by atoms with Gasteiger partial charge in [-0.25, -0.2) is 4.39 Å². The summed E-state index contributed by atoms with van der Waals surface area (Å²) in [5.74, 6) is -1.53. The second-order valence-electron chi connectivity index (χ2n) is 7.00. The molecule has 1 aromatic heterocycles. The molecule has 2 amide bonds. The number of amides is 2. The van der Waals surface area contributed by atoms with Crippen LogP contribution in [0.15, 0.2) is 66.4 Å². The quantitative estimate of drug-likeness (QED) is 0.396. The SMILES string of the molecule is Cc1ccc(C)c(N2C(=O)/C(=C/c3cccn3-c3ccccc3F)C(=O)NC2=S)c1. The van der Waals surface area contributed by atoms with Crippen molar-refractivity contribution in [3.05, 3.63) is 89.0 Å². The summed E-state index contributed by atoms with van der Waals surface area (Å²) in [6.45, 7) is 3.78. The van der Waals surface area contributed by atoms with E-state index in [9.17, 15) is 14.0 Å². The Labute approximate surface area is 178 Å². The third-order valence-electron chi connectivity index (χ3n) is 4.89. The Kier molecular flexibility index (Phi) is 5.05. The average molecular weight is 419 g/mol. The molecule has 0 spiro atoms. The van der Waals surface area contributed by atoms with Gasteiger partial charge in [0, 0.05) is 11.9 Å². The van der Waals surface area contributed by atoms with E-state index in [1.165, 1.54) is 17.0 Å². The largest absolute Gasteiger partial charge is 0.314 e. The molecular weight excluding hydrogens is 401 g/mol. The first-order chi connectivity index (χ1) is 14.4. The van der Waals surface area contributed by atoms with E-state index in [-0.39, 0.29) is 10.7 Å². The van der Waals surface area contributed by atoms with Crippen LogP contribution in [0, 0.1) is 19.7 Å². The first-order valence-electron chi connectivity index (χ1n) is 9.28. The Morgan fingerprint density at radius 2 is 1.77 bits per heavy atom. The lowest BCUT2D eigenvalue weighted by Crippen LogP contribution is -2.54. The maximum absolute atomic E-state index is 14.3. The second kappa shape index (κ2) is 7.68. The molecular formula is C23H18FN3O2S. The van der Waals surface area contributed by atoms with Gasteiger partial charge in [-0.15, -0.1) is 0 Å². The highest BCUT2D eigenvalue weighted by Crippen LogP contribution is 2.27. The van der Waals surface area contributed by atoms with Crippen LogP contribution < -0.4 is 10.2 Å². The Hall–Kier alpha value is -3.58. The number of halogens is 1. The van der Waals surface area contributed by atoms with Crippen LogP contribution in [-0.2, 0) is 9.59 Å². The Bertz CT molecular complexity index is 1230. The molecule has 1 fully saturated rings. The molecule has 0 bridgehead atoms. The van der Waals surface area contributed by atoms with Gasteiger partial charge in [0.25, 0.3) is 11.8 Å². The number of hydrogen-bond donors (Lipinski definition) is 1. The van der Waals surface area contributed by atoms with Gasteiger partial charge in [-0.3, -0.25) is 19.8 Å². The molecule has 1 N–H and O–H groups in total. The summed E-state index contributed by atoms with van der Waals surface area (Å²) in [7, 11) is 0. The Morgan fingerprint density at radius 1 is 1.00 bits per heavy atom. The number of para-hydroxylation sites is 1. The number of thiocarbonyl (C=S) groups is 1. The number of aromatic nitrogens is 1. The zero-order chi connectivity index (χ0) is 21.4. The fourth-order valence-corrected chi connectivity index (χ4v) is 3.64. The number of benzene rings is 2. The maximum Gasteiger partial charge on any atom is 0.270 e. The van der Waals surface area contributed by atoms with E-state index < -0.39 is 17.6 Å². The molecule has 0 unspecified atom stereocenters. The minimum absolute atomic E-state index is 0.0281. The molecule has 0 aliphatic carbocycles. The topological polar surface area (TPSA) is 54.3 Å². The zero-order valence-electron chi connectivity index (χ0n) is 16.3. The lowest BCUT2D eigenvalue weighted by molar-refractivity contribution is -0.122. The van der Waals surface area contributed by atoms with Gasteiger partial charge < -0.3 is 4.57 Å². The highest BCUT2D eigenvalue weighted by atomic mass is 32.1. The van der Waals surface area contributed by atoms with Gasteiger partial charge in [0.1, 0.15) is 11.4 Å². The summed E-state index contributed by atoms with van der Waals surface area (Å²) in [5, 5.41) is 2.61. The number of aryl methyl sites for hydroxylation is 2. The third kappa shape index (κ3) is 3.44. The lowest BCUT2D eigenvalue weighted by Gasteiger charge is -2.30. The molecule has 150 valence electrons. The monoisotopic (exact) mass is 419 g/mol. The van der Waals surface area contributed by atoms with E-state index in [0.717, 1.165) is 11.1 Å². The number of carbonyl (C=O) groups excluding carboxylic acids is 2. The number of nitrogens with one attached hydrogen (secondary N) is 1. The van der Waals surface area contributed by atoms with Crippen LogP contribution in [-0.4, -0.2) is 21.5 Å². The van der Waals surface area contributed by atoms with Crippen molar-refractivity contribution in [2.45, 2.75) is 13.8 Å². The van der Waals surface area contributed by atoms with Gasteiger partial charge in [-0.2, -0.15) is 0 Å². The van der Waals surface area contributed by atoms with Crippen LogP contribution in [0.1, 0.15) is 16.8 Å². The van der Waals surface area contributed by atoms with Gasteiger partial charge in [0.05, 0.1) is 11.4 Å². The predicted octanol–water partition coefficient (Wildman–Crippen LogP) is 4.06. The molecule has 4 rings (SSSR count). The normalized spacial score (nSPS) is 15.6. The molecule has 1 aliphatic heterocycles. The predicted molar refractivity (Wildman–Crippen MR) is 118 cm³/mol. The Balaban J connectivity index is 1.79. The summed E-state index contributed by atoms with van der Waals surface area (Å²) >= 11 is 5.28. The molecule has 2 heterocycles. The molecule has 0 radical (unpaired) electrons. The highest BCUT2D eigenvalue weighted by molar-refractivity contribution is 7.80. The highest BCUT2D eigenvalue weighted by Gasteiger charge is 2.35. The molecule has 1 saturated heterocycles. The van der Waals surface area contributed by atoms with Crippen molar-refractivity contribution in [1.82, 2.24) is 9.88 Å². The summed E-state index contributed by atoms with van der Waals surface area (Å²) < 4.78 is 15.9. The fourth-order valence-electron chi connectivity index (χ4n) is 3.36. The summed E-state index contributed by atoms with van der Waals surface area (Å²) in [6, 6.07) is 15.4.